The van der Waals surface area contributed by atoms with Crippen molar-refractivity contribution >= 4 is 20.5 Å². The average Bonchev–Trinajstić information content (AvgIpc) is 3.09. The summed E-state index contributed by atoms with van der Waals surface area (Å²) < 4.78 is 5.45. The highest BCUT2D eigenvalue weighted by molar-refractivity contribution is 6.71. The molecule has 0 atom stereocenters. The molecule has 0 saturated heterocycles. The van der Waals surface area contributed by atoms with Gasteiger partial charge in [0.05, 0.1) is 0 Å². The van der Waals surface area contributed by atoms with Crippen LogP contribution in [0, 0.1) is 0 Å². The van der Waals surface area contributed by atoms with Gasteiger partial charge in [-0.1, -0.05) is 98.4 Å². The lowest BCUT2D eigenvalue weighted by molar-refractivity contribution is 0.262. The highest BCUT2D eigenvalue weighted by Crippen LogP contribution is 2.46. The molecule has 2 aromatic rings. The van der Waals surface area contributed by atoms with Crippen LogP contribution in [-0.4, -0.2) is 38.8 Å². The normalized spacial score (nSPS) is 17.5. The fourth-order valence-corrected chi connectivity index (χ4v) is 10.1. The van der Waals surface area contributed by atoms with E-state index in [0.29, 0.717) is 23.7 Å². The maximum atomic E-state index is 4.77. The van der Waals surface area contributed by atoms with E-state index in [4.69, 9.17) is 6.58 Å². The Morgan fingerprint density at radius 2 is 0.951 bits per heavy atom. The third-order valence-corrected chi connectivity index (χ3v) is 12.4. The number of rotatable bonds is 7. The number of allylic oxidation sites excluding steroid dienone is 4. The van der Waals surface area contributed by atoms with Gasteiger partial charge in [-0.15, -0.1) is 0 Å². The summed E-state index contributed by atoms with van der Waals surface area (Å²) in [7, 11) is 2.99. The van der Waals surface area contributed by atoms with Gasteiger partial charge in [-0.05, 0) is 72.8 Å². The first-order valence-corrected chi connectivity index (χ1v) is 16.9. The van der Waals surface area contributed by atoms with E-state index in [9.17, 15) is 0 Å². The molecule has 0 amide bonds. The van der Waals surface area contributed by atoms with Crippen LogP contribution in [0.1, 0.15) is 122 Å². The van der Waals surface area contributed by atoms with Crippen LogP contribution in [0.3, 0.4) is 0 Å². The van der Waals surface area contributed by atoms with Crippen LogP contribution in [0.25, 0.3) is 0 Å². The summed E-state index contributed by atoms with van der Waals surface area (Å²) in [5.74, 6) is 1.80. The molecule has 221 valence electrons. The molecule has 0 spiro atoms. The zero-order chi connectivity index (χ0) is 30.5. The van der Waals surface area contributed by atoms with Gasteiger partial charge in [0.15, 0.2) is 0 Å². The number of nitrogens with zero attached hydrogens (tertiary/aromatic N) is 4. The quantitative estimate of drug-likeness (QED) is 0.308. The predicted octanol–water partition coefficient (Wildman–Crippen LogP) is 9.41. The fraction of sp³-hybridized carbons (Fsp3) is 0.500. The third kappa shape index (κ3) is 5.27. The van der Waals surface area contributed by atoms with Crippen molar-refractivity contribution in [2.24, 2.45) is 0 Å². The lowest BCUT2D eigenvalue weighted by atomic mass is 9.92. The van der Waals surface area contributed by atoms with E-state index in [1.165, 1.54) is 50.7 Å². The molecule has 2 aromatic carbocycles. The van der Waals surface area contributed by atoms with E-state index in [-0.39, 0.29) is 5.79 Å². The van der Waals surface area contributed by atoms with Gasteiger partial charge in [-0.25, -0.2) is 0 Å². The van der Waals surface area contributed by atoms with Crippen molar-refractivity contribution in [2.45, 2.75) is 106 Å². The molecule has 0 saturated carbocycles. The Labute approximate surface area is 252 Å². The van der Waals surface area contributed by atoms with Gasteiger partial charge in [0, 0.05) is 48.3 Å². The molecule has 4 nitrogen and oxygen atoms in total. The molecule has 1 radical (unpaired) electrons. The number of anilines is 2. The van der Waals surface area contributed by atoms with Crippen LogP contribution in [0.2, 0.25) is 0 Å². The maximum Gasteiger partial charge on any atom is 0.354 e. The topological polar surface area (TPSA) is 13.0 Å². The Hall–Kier alpha value is -2.92. The molecule has 0 bridgehead atoms. The van der Waals surface area contributed by atoms with Gasteiger partial charge in [0.2, 0.25) is 0 Å². The second-order valence-electron chi connectivity index (χ2n) is 13.3. The monoisotopic (exact) mass is 569 g/mol. The standard InChI is InChI=1S/C36H53N4Si/c1-22(2)30-17-15-18-31(23(3)4)34(30)39-26(9)21-27(10)40(41(39)36-37(13)28(11)29(12)38(36)14)35-32(24(5)6)19-16-20-33(35)25(7)8/h15-25,36H,9H2,1-8,10-14H3. The van der Waals surface area contributed by atoms with E-state index in [1.54, 1.807) is 0 Å². The molecule has 4 rings (SSSR count). The lowest BCUT2D eigenvalue weighted by Crippen LogP contribution is -2.67. The molecule has 0 N–H and O–H groups in total. The Bertz CT molecular complexity index is 1300. The Morgan fingerprint density at radius 3 is 1.29 bits per heavy atom. The zero-order valence-corrected chi connectivity index (χ0v) is 28.9. The van der Waals surface area contributed by atoms with Crippen molar-refractivity contribution in [1.82, 2.24) is 9.80 Å². The van der Waals surface area contributed by atoms with Crippen LogP contribution in [0.5, 0.6) is 0 Å². The van der Waals surface area contributed by atoms with Gasteiger partial charge < -0.3 is 18.9 Å². The number of benzene rings is 2. The Morgan fingerprint density at radius 1 is 0.610 bits per heavy atom. The number of hydrogen-bond acceptors (Lipinski definition) is 4. The van der Waals surface area contributed by atoms with Crippen molar-refractivity contribution in [1.29, 1.82) is 0 Å². The summed E-state index contributed by atoms with van der Waals surface area (Å²) in [6.07, 6.45) is 2.33. The van der Waals surface area contributed by atoms with E-state index in [2.05, 4.69) is 152 Å². The smallest absolute Gasteiger partial charge is 0.354 e. The van der Waals surface area contributed by atoms with E-state index in [1.807, 2.05) is 0 Å². The Kier molecular flexibility index (Phi) is 8.89. The van der Waals surface area contributed by atoms with Gasteiger partial charge in [0.1, 0.15) is 5.79 Å². The van der Waals surface area contributed by atoms with Crippen LogP contribution < -0.4 is 9.13 Å². The molecule has 2 heterocycles. The van der Waals surface area contributed by atoms with Gasteiger partial charge in [-0.2, -0.15) is 0 Å². The fourth-order valence-electron chi connectivity index (χ4n) is 6.60. The number of para-hydroxylation sites is 2. The summed E-state index contributed by atoms with van der Waals surface area (Å²) in [4.78, 5) is 5.05. The van der Waals surface area contributed by atoms with Gasteiger partial charge in [-0.3, -0.25) is 0 Å². The SMILES string of the molecule is C=C1C=C(C)N(c2c(C(C)C)cccc2C(C)C)[Si](C2N(C)C(C)=C(C)N2C)N1c1c(C(C)C)cccc1C(C)C. The van der Waals surface area contributed by atoms with E-state index >= 15 is 0 Å². The van der Waals surface area contributed by atoms with Crippen LogP contribution in [-0.2, 0) is 0 Å². The summed E-state index contributed by atoms with van der Waals surface area (Å²) >= 11 is 0. The highest BCUT2D eigenvalue weighted by atomic mass is 28.3. The molecule has 2 aliphatic heterocycles. The molecular weight excluding hydrogens is 517 g/mol. The molecule has 0 aromatic heterocycles. The largest absolute Gasteiger partial charge is 0.356 e. The lowest BCUT2D eigenvalue weighted by Gasteiger charge is -2.51. The van der Waals surface area contributed by atoms with Gasteiger partial charge >= 0.3 is 9.12 Å². The summed E-state index contributed by atoms with van der Waals surface area (Å²) in [5, 5.41) is 0. The minimum Gasteiger partial charge on any atom is -0.356 e. The molecule has 0 aliphatic carbocycles. The van der Waals surface area contributed by atoms with Gasteiger partial charge in [0.25, 0.3) is 0 Å². The first-order chi connectivity index (χ1) is 19.2. The van der Waals surface area contributed by atoms with E-state index in [0.717, 1.165) is 5.70 Å². The van der Waals surface area contributed by atoms with Crippen molar-refractivity contribution < 1.29 is 0 Å². The van der Waals surface area contributed by atoms with Crippen molar-refractivity contribution in [3.63, 3.8) is 0 Å². The zero-order valence-electron chi connectivity index (χ0n) is 27.9. The van der Waals surface area contributed by atoms with E-state index < -0.39 is 9.12 Å². The molecule has 41 heavy (non-hydrogen) atoms. The minimum absolute atomic E-state index is 0.181. The Balaban J connectivity index is 2.14. The predicted molar refractivity (Wildman–Crippen MR) is 181 cm³/mol. The number of hydrogen-bond donors (Lipinski definition) is 0. The van der Waals surface area contributed by atoms with Crippen molar-refractivity contribution in [3.8, 4) is 0 Å². The molecule has 0 unspecified atom stereocenters. The highest BCUT2D eigenvalue weighted by Gasteiger charge is 2.50. The molecular formula is C36H53N4Si. The summed E-state index contributed by atoms with van der Waals surface area (Å²) in [6.45, 7) is 30.3. The second kappa shape index (κ2) is 11.8. The molecule has 0 fully saturated rings. The first kappa shape index (κ1) is 31.0. The molecule has 2 aliphatic rings. The van der Waals surface area contributed by atoms with Crippen LogP contribution in [0.4, 0.5) is 11.4 Å². The summed E-state index contributed by atoms with van der Waals surface area (Å²) in [5.41, 5.74) is 13.5. The average molecular weight is 570 g/mol. The van der Waals surface area contributed by atoms with Crippen molar-refractivity contribution in [2.75, 3.05) is 23.2 Å². The summed E-state index contributed by atoms with van der Waals surface area (Å²) in [6, 6.07) is 13.9. The first-order valence-electron chi connectivity index (χ1n) is 15.4. The minimum atomic E-state index is -1.58. The third-order valence-electron chi connectivity index (χ3n) is 9.15. The van der Waals surface area contributed by atoms with Crippen LogP contribution >= 0.6 is 0 Å². The maximum absolute atomic E-state index is 4.77. The second-order valence-corrected chi connectivity index (χ2v) is 15.4. The van der Waals surface area contributed by atoms with Crippen molar-refractivity contribution in [3.05, 3.63) is 94.1 Å². The van der Waals surface area contributed by atoms with Crippen LogP contribution in [0.15, 0.2) is 71.8 Å². The molecule has 5 heteroatoms.